The summed E-state index contributed by atoms with van der Waals surface area (Å²) in [4.78, 5) is 28.4. The summed E-state index contributed by atoms with van der Waals surface area (Å²) in [6.45, 7) is 36.7. The lowest BCUT2D eigenvalue weighted by molar-refractivity contribution is -0.328. The molecule has 15 atom stereocenters. The summed E-state index contributed by atoms with van der Waals surface area (Å²) in [5.41, 5.74) is 9.01. The number of aliphatic hydroxyl groups is 1. The molecule has 0 bridgehead atoms. The molecule has 3 aliphatic rings. The highest BCUT2D eigenvalue weighted by molar-refractivity contribution is 6.74. The van der Waals surface area contributed by atoms with Crippen LogP contribution in [-0.2, 0) is 37.7 Å². The number of nitrogens with zero attached hydrogens (tertiary/aromatic N) is 2. The van der Waals surface area contributed by atoms with Crippen molar-refractivity contribution in [1.29, 1.82) is 0 Å². The Morgan fingerprint density at radius 1 is 0.905 bits per heavy atom. The first-order valence-electron chi connectivity index (χ1n) is 24.5. The molecule has 1 unspecified atom stereocenters. The standard InChI is InChI=1S/C51H92N2O9Si/c1-32(29-36(5)45(55)44(53-52)46(56)37(6)30-34(3)28-33(2)22-23-43(54)57-16)20-19-21-35(4)47-38(7)41(59-49(12,13)61-47)31-40-24-26-51(15,58-40)42-25-27-50(14,60-42)39(8)62-63(17,18)48(9,10)11/h19,21,32-42,46-47,56H,20,22-31H2,1-18H3/b21-19+/t32-,33-,34+,35-,36-,37+,38+,39-,40+,41+,42-,46?,47-,50+,51+/m1/s1. The molecule has 0 aromatic heterocycles. The third-order valence-corrected chi connectivity index (χ3v) is 20.1. The van der Waals surface area contributed by atoms with Crippen molar-refractivity contribution in [1.82, 2.24) is 0 Å². The van der Waals surface area contributed by atoms with Crippen LogP contribution in [0.25, 0.3) is 5.53 Å². The van der Waals surface area contributed by atoms with Crippen molar-refractivity contribution in [3.63, 3.8) is 0 Å². The van der Waals surface area contributed by atoms with Crippen molar-refractivity contribution in [3.8, 4) is 0 Å². The second kappa shape index (κ2) is 22.8. The number of hydrogen-bond donors (Lipinski definition) is 1. The van der Waals surface area contributed by atoms with Crippen molar-refractivity contribution in [2.75, 3.05) is 7.11 Å². The molecule has 63 heavy (non-hydrogen) atoms. The highest BCUT2D eigenvalue weighted by Gasteiger charge is 2.54. The molecule has 3 saturated heterocycles. The van der Waals surface area contributed by atoms with Gasteiger partial charge in [-0.1, -0.05) is 81.4 Å². The van der Waals surface area contributed by atoms with Crippen molar-refractivity contribution >= 4 is 25.8 Å². The summed E-state index contributed by atoms with van der Waals surface area (Å²) in [6.07, 6.45) is 12.0. The molecule has 0 aliphatic carbocycles. The van der Waals surface area contributed by atoms with Crippen LogP contribution in [0.15, 0.2) is 12.2 Å². The van der Waals surface area contributed by atoms with Gasteiger partial charge >= 0.3 is 11.7 Å². The largest absolute Gasteiger partial charge is 0.469 e. The smallest absolute Gasteiger partial charge is 0.363 e. The molecule has 3 fully saturated rings. The molecule has 12 heteroatoms. The highest BCUT2D eigenvalue weighted by Crippen LogP contribution is 2.48. The minimum absolute atomic E-state index is 0.00834. The number of Topliss-reactive ketones (excluding diaryl/α,β-unsaturated/α-hetero) is 1. The van der Waals surface area contributed by atoms with E-state index < -0.39 is 26.1 Å². The molecule has 0 aromatic carbocycles. The van der Waals surface area contributed by atoms with Gasteiger partial charge in [-0.2, -0.15) is 4.79 Å². The molecule has 3 rings (SSSR count). The topological polar surface area (TPSA) is 146 Å². The molecule has 3 aliphatic heterocycles. The Morgan fingerprint density at radius 3 is 2.16 bits per heavy atom. The molecule has 11 nitrogen and oxygen atoms in total. The van der Waals surface area contributed by atoms with E-state index in [1.807, 2.05) is 27.7 Å². The number of rotatable bonds is 23. The summed E-state index contributed by atoms with van der Waals surface area (Å²) < 4.78 is 38.7. The van der Waals surface area contributed by atoms with Crippen LogP contribution in [-0.4, -0.2) is 96.4 Å². The van der Waals surface area contributed by atoms with E-state index in [0.29, 0.717) is 25.2 Å². The quantitative estimate of drug-likeness (QED) is 0.0264. The molecule has 0 spiro atoms. The number of carbonyl (C=O) groups is 2. The third kappa shape index (κ3) is 15.4. The second-order valence-electron chi connectivity index (χ2n) is 23.1. The monoisotopic (exact) mass is 905 g/mol. The van der Waals surface area contributed by atoms with E-state index in [9.17, 15) is 20.2 Å². The number of esters is 1. The number of methoxy groups -OCH3 is 1. The Morgan fingerprint density at radius 2 is 1.56 bits per heavy atom. The predicted octanol–water partition coefficient (Wildman–Crippen LogP) is 11.3. The van der Waals surface area contributed by atoms with Crippen LogP contribution < -0.4 is 0 Å². The van der Waals surface area contributed by atoms with E-state index in [1.165, 1.54) is 7.11 Å². The SMILES string of the molecule is COC(=O)CC[C@@H](C)C[C@H](C)C[C@H](C)C(O)C(=[N+]=[N-])C(=O)[C@H](C)C[C@H](C)C/C=C/[C@@H](C)[C@H]1OC(C)(C)O[C@@H](C[C@@H]2CC[C@@](C)([C@H]3CC[C@@](C)([C@@H](C)O[Si](C)(C)C(C)(C)C)O3)O2)[C@@H]1C. The van der Waals surface area contributed by atoms with Gasteiger partial charge in [0, 0.05) is 30.6 Å². The van der Waals surface area contributed by atoms with Crippen LogP contribution in [0.3, 0.4) is 0 Å². The summed E-state index contributed by atoms with van der Waals surface area (Å²) in [5.74, 6) is -0.907. The van der Waals surface area contributed by atoms with E-state index in [2.05, 4.69) is 106 Å². The maximum Gasteiger partial charge on any atom is 0.363 e. The van der Waals surface area contributed by atoms with Gasteiger partial charge in [0.05, 0.1) is 48.8 Å². The maximum absolute atomic E-state index is 13.5. The average molecular weight is 905 g/mol. The fourth-order valence-corrected chi connectivity index (χ4v) is 11.8. The molecule has 1 N–H and O–H groups in total. The van der Waals surface area contributed by atoms with Crippen LogP contribution >= 0.6 is 0 Å². The summed E-state index contributed by atoms with van der Waals surface area (Å²) in [5, 5.41) is 11.3. The Kier molecular flexibility index (Phi) is 20.1. The zero-order valence-electron chi connectivity index (χ0n) is 43.0. The third-order valence-electron chi connectivity index (χ3n) is 15.5. The average Bonchev–Trinajstić information content (AvgIpc) is 3.78. The van der Waals surface area contributed by atoms with Crippen molar-refractivity contribution < 1.29 is 47.6 Å². The van der Waals surface area contributed by atoms with Gasteiger partial charge < -0.3 is 38.7 Å². The van der Waals surface area contributed by atoms with Gasteiger partial charge in [0.15, 0.2) is 20.2 Å². The minimum Gasteiger partial charge on any atom is -0.469 e. The van der Waals surface area contributed by atoms with Crippen molar-refractivity contribution in [2.45, 2.75) is 246 Å². The second-order valence-corrected chi connectivity index (χ2v) is 27.9. The van der Waals surface area contributed by atoms with Crippen LogP contribution in [0.2, 0.25) is 18.1 Å². The van der Waals surface area contributed by atoms with Gasteiger partial charge in [-0.25, -0.2) is 0 Å². The lowest BCUT2D eigenvalue weighted by Gasteiger charge is -2.47. The molecule has 0 amide bonds. The Bertz CT molecular complexity index is 1570. The fraction of sp³-hybridized carbons (Fsp3) is 0.902. The van der Waals surface area contributed by atoms with Gasteiger partial charge in [-0.15, -0.1) is 0 Å². The summed E-state index contributed by atoms with van der Waals surface area (Å²) in [7, 11) is -0.545. The van der Waals surface area contributed by atoms with Crippen molar-refractivity contribution in [2.24, 2.45) is 41.4 Å². The van der Waals surface area contributed by atoms with Crippen LogP contribution in [0.4, 0.5) is 0 Å². The zero-order chi connectivity index (χ0) is 47.9. The van der Waals surface area contributed by atoms with Gasteiger partial charge in [-0.05, 0) is 134 Å². The lowest BCUT2D eigenvalue weighted by Crippen LogP contribution is -2.53. The van der Waals surface area contributed by atoms with Gasteiger partial charge in [-0.3, -0.25) is 9.59 Å². The highest BCUT2D eigenvalue weighted by atomic mass is 28.4. The number of aliphatic hydroxyl groups excluding tert-OH is 1. The van der Waals surface area contributed by atoms with E-state index in [0.717, 1.165) is 51.4 Å². The molecule has 0 saturated carbocycles. The van der Waals surface area contributed by atoms with Gasteiger partial charge in [0.2, 0.25) is 5.78 Å². The first-order valence-corrected chi connectivity index (χ1v) is 27.5. The Labute approximate surface area is 384 Å². The van der Waals surface area contributed by atoms with E-state index in [4.69, 9.17) is 28.1 Å². The first-order chi connectivity index (χ1) is 29.0. The molecule has 0 radical (unpaired) electrons. The van der Waals surface area contributed by atoms with Crippen LogP contribution in [0.5, 0.6) is 0 Å². The maximum atomic E-state index is 13.5. The molecular weight excluding hydrogens is 813 g/mol. The molecular formula is C51H92N2O9Si. The molecule has 364 valence electrons. The number of ketones is 1. The summed E-state index contributed by atoms with van der Waals surface area (Å²) >= 11 is 0. The molecule has 3 heterocycles. The van der Waals surface area contributed by atoms with E-state index >= 15 is 0 Å². The number of allylic oxidation sites excluding steroid dienone is 1. The van der Waals surface area contributed by atoms with Gasteiger partial charge in [0.1, 0.15) is 0 Å². The first kappa shape index (κ1) is 55.6. The van der Waals surface area contributed by atoms with E-state index in [-0.39, 0.29) is 93.8 Å². The molecule has 0 aromatic rings. The van der Waals surface area contributed by atoms with Crippen LogP contribution in [0, 0.1) is 41.4 Å². The predicted molar refractivity (Wildman–Crippen MR) is 254 cm³/mol. The number of hydrogen-bond acceptors (Lipinski definition) is 9. The van der Waals surface area contributed by atoms with Crippen molar-refractivity contribution in [3.05, 3.63) is 17.7 Å². The van der Waals surface area contributed by atoms with Gasteiger partial charge in [0.25, 0.3) is 0 Å². The van der Waals surface area contributed by atoms with Crippen LogP contribution in [0.1, 0.15) is 174 Å². The van der Waals surface area contributed by atoms with E-state index in [1.54, 1.807) is 0 Å². The normalized spacial score (nSPS) is 31.7. The number of carbonyl (C=O) groups excluding carboxylic acids is 2. The Hall–Kier alpha value is -1.76. The fourth-order valence-electron chi connectivity index (χ4n) is 10.3. The summed E-state index contributed by atoms with van der Waals surface area (Å²) in [6, 6.07) is 0. The number of ether oxygens (including phenoxy) is 5. The lowest BCUT2D eigenvalue weighted by atomic mass is 9.82. The zero-order valence-corrected chi connectivity index (χ0v) is 44.0. The minimum atomic E-state index is -1.94. The Balaban J connectivity index is 1.52.